The topological polar surface area (TPSA) is 76.1 Å². The molecule has 0 radical (unpaired) electrons. The average Bonchev–Trinajstić information content (AvgIpc) is 3.25. The van der Waals surface area contributed by atoms with Crippen LogP contribution in [0.4, 0.5) is 0 Å². The predicted molar refractivity (Wildman–Crippen MR) is 109 cm³/mol. The van der Waals surface area contributed by atoms with Crippen LogP contribution in [-0.2, 0) is 22.5 Å². The maximum absolute atomic E-state index is 13.0. The Morgan fingerprint density at radius 1 is 1.17 bits per heavy atom. The number of nitrogens with zero attached hydrogens (tertiary/aromatic N) is 1. The number of benzene rings is 2. The lowest BCUT2D eigenvalue weighted by Crippen LogP contribution is -2.37. The molecule has 1 amide bonds. The molecule has 0 aliphatic carbocycles. The molecule has 1 fully saturated rings. The summed E-state index contributed by atoms with van der Waals surface area (Å²) < 4.78 is 11.0. The highest BCUT2D eigenvalue weighted by atomic mass is 16.5. The van der Waals surface area contributed by atoms with Crippen molar-refractivity contribution in [2.75, 3.05) is 20.3 Å². The van der Waals surface area contributed by atoms with Crippen LogP contribution in [0.3, 0.4) is 0 Å². The number of aromatic carboxylic acids is 1. The van der Waals surface area contributed by atoms with E-state index < -0.39 is 5.97 Å². The van der Waals surface area contributed by atoms with Gasteiger partial charge >= 0.3 is 5.97 Å². The van der Waals surface area contributed by atoms with Crippen molar-refractivity contribution < 1.29 is 24.2 Å². The minimum atomic E-state index is -0.950. The van der Waals surface area contributed by atoms with Crippen molar-refractivity contribution >= 4 is 11.9 Å². The molecule has 1 aliphatic heterocycles. The average molecular weight is 397 g/mol. The first-order valence-corrected chi connectivity index (χ1v) is 9.89. The Kier molecular flexibility index (Phi) is 7.25. The van der Waals surface area contributed by atoms with Gasteiger partial charge in [0.05, 0.1) is 18.8 Å². The quantitative estimate of drug-likeness (QED) is 0.700. The molecule has 3 rings (SSSR count). The molecule has 29 heavy (non-hydrogen) atoms. The monoisotopic (exact) mass is 397 g/mol. The second-order valence-corrected chi connectivity index (χ2v) is 7.26. The number of methoxy groups -OCH3 is 1. The van der Waals surface area contributed by atoms with Crippen LogP contribution in [0.15, 0.2) is 48.5 Å². The molecule has 0 bridgehead atoms. The highest BCUT2D eigenvalue weighted by Gasteiger charge is 2.23. The Bertz CT molecular complexity index is 827. The predicted octanol–water partition coefficient (Wildman–Crippen LogP) is 3.53. The number of carbonyl (C=O) groups excluding carboxylic acids is 1. The first kappa shape index (κ1) is 20.9. The van der Waals surface area contributed by atoms with E-state index in [0.717, 1.165) is 36.3 Å². The van der Waals surface area contributed by atoms with E-state index in [1.807, 2.05) is 29.2 Å². The Morgan fingerprint density at radius 2 is 1.97 bits per heavy atom. The maximum atomic E-state index is 13.0. The van der Waals surface area contributed by atoms with Gasteiger partial charge in [-0.3, -0.25) is 4.79 Å². The van der Waals surface area contributed by atoms with E-state index >= 15 is 0 Å². The third-order valence-electron chi connectivity index (χ3n) is 5.14. The fourth-order valence-electron chi connectivity index (χ4n) is 3.50. The van der Waals surface area contributed by atoms with E-state index in [4.69, 9.17) is 14.6 Å². The molecule has 154 valence electrons. The number of carboxylic acids is 1. The Balaban J connectivity index is 1.65. The molecule has 1 heterocycles. The van der Waals surface area contributed by atoms with Gasteiger partial charge in [-0.15, -0.1) is 0 Å². The summed E-state index contributed by atoms with van der Waals surface area (Å²) in [4.78, 5) is 25.8. The second kappa shape index (κ2) is 10.1. The van der Waals surface area contributed by atoms with E-state index in [0.29, 0.717) is 25.9 Å². The van der Waals surface area contributed by atoms with Crippen LogP contribution in [0.25, 0.3) is 0 Å². The number of carbonyl (C=O) groups is 2. The van der Waals surface area contributed by atoms with Crippen LogP contribution in [0.5, 0.6) is 5.75 Å². The summed E-state index contributed by atoms with van der Waals surface area (Å²) in [7, 11) is 1.63. The first-order valence-electron chi connectivity index (χ1n) is 9.89. The molecule has 6 heteroatoms. The maximum Gasteiger partial charge on any atom is 0.335 e. The van der Waals surface area contributed by atoms with Crippen LogP contribution in [-0.4, -0.2) is 48.2 Å². The Labute approximate surface area is 171 Å². The van der Waals surface area contributed by atoms with E-state index in [1.165, 1.54) is 0 Å². The molecule has 6 nitrogen and oxygen atoms in total. The number of ether oxygens (including phenoxy) is 2. The Hall–Kier alpha value is -2.86. The summed E-state index contributed by atoms with van der Waals surface area (Å²) >= 11 is 0. The Morgan fingerprint density at radius 3 is 2.62 bits per heavy atom. The summed E-state index contributed by atoms with van der Waals surface area (Å²) in [5, 5.41) is 9.00. The number of hydrogen-bond acceptors (Lipinski definition) is 4. The van der Waals surface area contributed by atoms with Crippen molar-refractivity contribution in [3.8, 4) is 5.75 Å². The van der Waals surface area contributed by atoms with Crippen LogP contribution in [0, 0.1) is 0 Å². The van der Waals surface area contributed by atoms with Gasteiger partial charge in [-0.1, -0.05) is 24.3 Å². The number of amides is 1. The molecular formula is C23H27NO5. The summed E-state index contributed by atoms with van der Waals surface area (Å²) in [6.45, 7) is 1.84. The number of hydrogen-bond donors (Lipinski definition) is 1. The smallest absolute Gasteiger partial charge is 0.335 e. The molecule has 2 aromatic carbocycles. The molecular weight excluding hydrogens is 370 g/mol. The molecule has 0 aromatic heterocycles. The molecule has 2 aromatic rings. The summed E-state index contributed by atoms with van der Waals surface area (Å²) in [6, 6.07) is 14.4. The molecule has 1 unspecified atom stereocenters. The molecule has 1 saturated heterocycles. The summed E-state index contributed by atoms with van der Waals surface area (Å²) in [5.74, 6) is -0.121. The van der Waals surface area contributed by atoms with E-state index in [-0.39, 0.29) is 17.6 Å². The van der Waals surface area contributed by atoms with Gasteiger partial charge < -0.3 is 19.5 Å². The fraction of sp³-hybridized carbons (Fsp3) is 0.391. The lowest BCUT2D eigenvalue weighted by molar-refractivity contribution is -0.133. The standard InChI is InChI=1S/C23H27NO5/c1-28-20-5-2-4-18(14-20)15-24(16-21-6-3-13-29-21)22(25)12-9-17-7-10-19(11-8-17)23(26)27/h2,4-5,7-8,10-11,14,21H,3,6,9,12-13,15-16H2,1H3,(H,26,27). The third-order valence-corrected chi connectivity index (χ3v) is 5.14. The van der Waals surface area contributed by atoms with Gasteiger partial charge in [0, 0.05) is 26.1 Å². The van der Waals surface area contributed by atoms with Gasteiger partial charge in [0.25, 0.3) is 0 Å². The van der Waals surface area contributed by atoms with Crippen molar-refractivity contribution in [1.82, 2.24) is 4.90 Å². The number of aryl methyl sites for hydroxylation is 1. The van der Waals surface area contributed by atoms with E-state index in [1.54, 1.807) is 31.4 Å². The molecule has 1 aliphatic rings. The normalized spacial score (nSPS) is 15.8. The van der Waals surface area contributed by atoms with E-state index in [2.05, 4.69) is 0 Å². The van der Waals surface area contributed by atoms with Gasteiger partial charge in [0.2, 0.25) is 5.91 Å². The van der Waals surface area contributed by atoms with Gasteiger partial charge in [-0.05, 0) is 54.7 Å². The number of rotatable bonds is 9. The molecule has 1 N–H and O–H groups in total. The molecule has 0 spiro atoms. The van der Waals surface area contributed by atoms with Crippen molar-refractivity contribution in [2.45, 2.75) is 38.3 Å². The van der Waals surface area contributed by atoms with Crippen LogP contribution in [0.1, 0.15) is 40.7 Å². The zero-order chi connectivity index (χ0) is 20.6. The van der Waals surface area contributed by atoms with Crippen LogP contribution >= 0.6 is 0 Å². The zero-order valence-electron chi connectivity index (χ0n) is 16.7. The zero-order valence-corrected chi connectivity index (χ0v) is 16.7. The van der Waals surface area contributed by atoms with Gasteiger partial charge in [0.15, 0.2) is 0 Å². The second-order valence-electron chi connectivity index (χ2n) is 7.26. The van der Waals surface area contributed by atoms with Crippen LogP contribution in [0.2, 0.25) is 0 Å². The van der Waals surface area contributed by atoms with Crippen molar-refractivity contribution in [2.24, 2.45) is 0 Å². The highest BCUT2D eigenvalue weighted by molar-refractivity contribution is 5.87. The summed E-state index contributed by atoms with van der Waals surface area (Å²) in [5.41, 5.74) is 2.21. The fourth-order valence-corrected chi connectivity index (χ4v) is 3.50. The SMILES string of the molecule is COc1cccc(CN(CC2CCCO2)C(=O)CCc2ccc(C(=O)O)cc2)c1. The van der Waals surface area contributed by atoms with E-state index in [9.17, 15) is 9.59 Å². The van der Waals surface area contributed by atoms with Gasteiger partial charge in [0.1, 0.15) is 5.75 Å². The first-order chi connectivity index (χ1) is 14.0. The summed E-state index contributed by atoms with van der Waals surface area (Å²) in [6.07, 6.45) is 3.02. The largest absolute Gasteiger partial charge is 0.497 e. The van der Waals surface area contributed by atoms with Crippen molar-refractivity contribution in [3.05, 3.63) is 65.2 Å². The van der Waals surface area contributed by atoms with Crippen molar-refractivity contribution in [3.63, 3.8) is 0 Å². The minimum Gasteiger partial charge on any atom is -0.497 e. The van der Waals surface area contributed by atoms with Gasteiger partial charge in [-0.25, -0.2) is 4.79 Å². The lowest BCUT2D eigenvalue weighted by atomic mass is 10.1. The third kappa shape index (κ3) is 6.06. The van der Waals surface area contributed by atoms with Crippen molar-refractivity contribution in [1.29, 1.82) is 0 Å². The number of carboxylic acid groups (broad SMARTS) is 1. The lowest BCUT2D eigenvalue weighted by Gasteiger charge is -2.26. The minimum absolute atomic E-state index is 0.0608. The highest BCUT2D eigenvalue weighted by Crippen LogP contribution is 2.19. The van der Waals surface area contributed by atoms with Gasteiger partial charge in [-0.2, -0.15) is 0 Å². The van der Waals surface area contributed by atoms with Crippen LogP contribution < -0.4 is 4.74 Å². The molecule has 0 saturated carbocycles. The molecule has 1 atom stereocenters.